The van der Waals surface area contributed by atoms with Crippen LogP contribution in [0.15, 0.2) is 0 Å². The summed E-state index contributed by atoms with van der Waals surface area (Å²) in [5.41, 5.74) is -0.0736. The van der Waals surface area contributed by atoms with E-state index in [-0.39, 0.29) is 5.60 Å². The number of hydrogen-bond donors (Lipinski definition) is 2. The van der Waals surface area contributed by atoms with Gasteiger partial charge in [0.05, 0.1) is 5.60 Å². The van der Waals surface area contributed by atoms with Crippen LogP contribution >= 0.6 is 0 Å². The first kappa shape index (κ1) is 14.9. The molecule has 0 aromatic heterocycles. The van der Waals surface area contributed by atoms with Crippen LogP contribution in [0.25, 0.3) is 0 Å². The molecule has 3 atom stereocenters. The van der Waals surface area contributed by atoms with Crippen LogP contribution in [-0.4, -0.2) is 36.5 Å². The topological polar surface area (TPSA) is 41.5 Å². The van der Waals surface area contributed by atoms with Crippen LogP contribution in [0.3, 0.4) is 0 Å². The van der Waals surface area contributed by atoms with Crippen LogP contribution in [0.5, 0.6) is 0 Å². The molecule has 17 heavy (non-hydrogen) atoms. The van der Waals surface area contributed by atoms with Gasteiger partial charge in [0, 0.05) is 25.8 Å². The van der Waals surface area contributed by atoms with Crippen molar-refractivity contribution in [2.24, 2.45) is 5.92 Å². The molecule has 0 radical (unpaired) electrons. The van der Waals surface area contributed by atoms with Crippen LogP contribution in [0.1, 0.15) is 52.9 Å². The summed E-state index contributed by atoms with van der Waals surface area (Å²) in [6.07, 6.45) is 5.91. The third-order valence-corrected chi connectivity index (χ3v) is 3.99. The van der Waals surface area contributed by atoms with Gasteiger partial charge in [-0.3, -0.25) is 0 Å². The van der Waals surface area contributed by atoms with Crippen molar-refractivity contribution in [3.63, 3.8) is 0 Å². The standard InChI is InChI=1S/C14H29NO2/c1-11(9-14(2,3)17-4)15-13-8-6-5-7-12(13)10-16/h11-13,15-16H,5-10H2,1-4H3. The van der Waals surface area contributed by atoms with Crippen molar-refractivity contribution in [3.8, 4) is 0 Å². The predicted octanol–water partition coefficient (Wildman–Crippen LogP) is 2.33. The average molecular weight is 243 g/mol. The lowest BCUT2D eigenvalue weighted by Gasteiger charge is -2.35. The number of aliphatic hydroxyl groups excluding tert-OH is 1. The Morgan fingerprint density at radius 3 is 2.59 bits per heavy atom. The summed E-state index contributed by atoms with van der Waals surface area (Å²) in [4.78, 5) is 0. The second kappa shape index (κ2) is 6.72. The van der Waals surface area contributed by atoms with Crippen LogP contribution in [0.4, 0.5) is 0 Å². The maximum Gasteiger partial charge on any atom is 0.0637 e. The molecule has 0 aliphatic heterocycles. The Kier molecular flexibility index (Phi) is 5.90. The molecule has 0 heterocycles. The summed E-state index contributed by atoms with van der Waals surface area (Å²) in [5, 5.41) is 13.1. The van der Waals surface area contributed by atoms with Gasteiger partial charge >= 0.3 is 0 Å². The normalized spacial score (nSPS) is 28.1. The van der Waals surface area contributed by atoms with Gasteiger partial charge in [0.1, 0.15) is 0 Å². The molecule has 3 unspecified atom stereocenters. The van der Waals surface area contributed by atoms with Crippen molar-refractivity contribution in [1.82, 2.24) is 5.32 Å². The van der Waals surface area contributed by atoms with Gasteiger partial charge < -0.3 is 15.2 Å². The highest BCUT2D eigenvalue weighted by atomic mass is 16.5. The fraction of sp³-hybridized carbons (Fsp3) is 1.00. The van der Waals surface area contributed by atoms with Crippen molar-refractivity contribution >= 4 is 0 Å². The molecule has 2 N–H and O–H groups in total. The Labute approximate surface area is 106 Å². The third-order valence-electron chi connectivity index (χ3n) is 3.99. The highest BCUT2D eigenvalue weighted by Crippen LogP contribution is 2.25. The number of hydrogen-bond acceptors (Lipinski definition) is 3. The second-order valence-corrected chi connectivity index (χ2v) is 6.07. The van der Waals surface area contributed by atoms with Crippen molar-refractivity contribution in [2.75, 3.05) is 13.7 Å². The lowest BCUT2D eigenvalue weighted by atomic mass is 9.84. The number of methoxy groups -OCH3 is 1. The van der Waals surface area contributed by atoms with E-state index in [1.54, 1.807) is 7.11 Å². The Bertz CT molecular complexity index is 218. The number of rotatable bonds is 6. The average Bonchev–Trinajstić information content (AvgIpc) is 2.29. The SMILES string of the molecule is COC(C)(C)CC(C)NC1CCCCC1CO. The van der Waals surface area contributed by atoms with E-state index >= 15 is 0 Å². The van der Waals surface area contributed by atoms with Gasteiger partial charge in [0.2, 0.25) is 0 Å². The van der Waals surface area contributed by atoms with E-state index in [2.05, 4.69) is 26.1 Å². The van der Waals surface area contributed by atoms with Gasteiger partial charge in [-0.2, -0.15) is 0 Å². The molecular weight excluding hydrogens is 214 g/mol. The zero-order chi connectivity index (χ0) is 12.9. The summed E-state index contributed by atoms with van der Waals surface area (Å²) < 4.78 is 5.46. The molecule has 3 nitrogen and oxygen atoms in total. The Morgan fingerprint density at radius 1 is 1.35 bits per heavy atom. The minimum atomic E-state index is -0.0736. The van der Waals surface area contributed by atoms with Gasteiger partial charge in [-0.15, -0.1) is 0 Å². The Balaban J connectivity index is 2.41. The van der Waals surface area contributed by atoms with Gasteiger partial charge in [-0.25, -0.2) is 0 Å². The van der Waals surface area contributed by atoms with E-state index in [1.807, 2.05) is 0 Å². The summed E-state index contributed by atoms with van der Waals surface area (Å²) in [7, 11) is 1.77. The zero-order valence-electron chi connectivity index (χ0n) is 11.8. The van der Waals surface area contributed by atoms with Crippen molar-refractivity contribution in [2.45, 2.75) is 70.6 Å². The first-order valence-electron chi connectivity index (χ1n) is 6.90. The van der Waals surface area contributed by atoms with E-state index in [0.717, 1.165) is 12.8 Å². The second-order valence-electron chi connectivity index (χ2n) is 6.07. The number of nitrogens with one attached hydrogen (secondary N) is 1. The van der Waals surface area contributed by atoms with Gasteiger partial charge in [-0.1, -0.05) is 12.8 Å². The van der Waals surface area contributed by atoms with Crippen LogP contribution in [-0.2, 0) is 4.74 Å². The molecular formula is C14H29NO2. The largest absolute Gasteiger partial charge is 0.396 e. The fourth-order valence-corrected chi connectivity index (χ4v) is 2.89. The molecule has 1 aliphatic rings. The fourth-order valence-electron chi connectivity index (χ4n) is 2.89. The molecule has 1 saturated carbocycles. The third kappa shape index (κ3) is 4.94. The highest BCUT2D eigenvalue weighted by Gasteiger charge is 2.27. The van der Waals surface area contributed by atoms with Gasteiger partial charge in [0.15, 0.2) is 0 Å². The number of aliphatic hydroxyl groups is 1. The minimum absolute atomic E-state index is 0.0736. The predicted molar refractivity (Wildman–Crippen MR) is 71.1 cm³/mol. The van der Waals surface area contributed by atoms with Crippen molar-refractivity contribution in [1.29, 1.82) is 0 Å². The summed E-state index contributed by atoms with van der Waals surface area (Å²) in [6, 6.07) is 0.915. The van der Waals surface area contributed by atoms with E-state index in [0.29, 0.717) is 24.6 Å². The molecule has 0 saturated heterocycles. The monoisotopic (exact) mass is 243 g/mol. The molecule has 102 valence electrons. The molecule has 1 aliphatic carbocycles. The first-order chi connectivity index (χ1) is 7.98. The van der Waals surface area contributed by atoms with E-state index in [1.165, 1.54) is 19.3 Å². The lowest BCUT2D eigenvalue weighted by Crippen LogP contribution is -2.46. The smallest absolute Gasteiger partial charge is 0.0637 e. The van der Waals surface area contributed by atoms with E-state index in [4.69, 9.17) is 4.74 Å². The molecule has 0 aromatic rings. The maximum atomic E-state index is 9.39. The van der Waals surface area contributed by atoms with E-state index in [9.17, 15) is 5.11 Å². The Morgan fingerprint density at radius 2 is 2.00 bits per heavy atom. The summed E-state index contributed by atoms with van der Waals surface area (Å²) in [6.45, 7) is 6.77. The van der Waals surface area contributed by atoms with E-state index < -0.39 is 0 Å². The van der Waals surface area contributed by atoms with Crippen LogP contribution < -0.4 is 5.32 Å². The molecule has 0 aromatic carbocycles. The molecule has 0 amide bonds. The molecule has 0 bridgehead atoms. The maximum absolute atomic E-state index is 9.39. The molecule has 0 spiro atoms. The Hall–Kier alpha value is -0.120. The summed E-state index contributed by atoms with van der Waals surface area (Å²) >= 11 is 0. The van der Waals surface area contributed by atoms with Crippen LogP contribution in [0.2, 0.25) is 0 Å². The molecule has 1 fully saturated rings. The van der Waals surface area contributed by atoms with Crippen molar-refractivity contribution in [3.05, 3.63) is 0 Å². The highest BCUT2D eigenvalue weighted by molar-refractivity contribution is 4.84. The molecule has 1 rings (SSSR count). The van der Waals surface area contributed by atoms with Gasteiger partial charge in [0.25, 0.3) is 0 Å². The number of ether oxygens (including phenoxy) is 1. The lowest BCUT2D eigenvalue weighted by molar-refractivity contribution is 0.00583. The minimum Gasteiger partial charge on any atom is -0.396 e. The first-order valence-corrected chi connectivity index (χ1v) is 6.90. The quantitative estimate of drug-likeness (QED) is 0.752. The molecule has 3 heteroatoms. The zero-order valence-corrected chi connectivity index (χ0v) is 11.8. The van der Waals surface area contributed by atoms with Crippen LogP contribution in [0, 0.1) is 5.92 Å². The van der Waals surface area contributed by atoms with Gasteiger partial charge in [-0.05, 0) is 46.0 Å². The van der Waals surface area contributed by atoms with Crippen molar-refractivity contribution < 1.29 is 9.84 Å². The summed E-state index contributed by atoms with van der Waals surface area (Å²) in [5.74, 6) is 0.442.